The lowest BCUT2D eigenvalue weighted by Gasteiger charge is -2.34. The summed E-state index contributed by atoms with van der Waals surface area (Å²) in [4.78, 5) is 5.16. The molecule has 0 aliphatic carbocycles. The summed E-state index contributed by atoms with van der Waals surface area (Å²) in [5.74, 6) is 0.902. The fourth-order valence-electron chi connectivity index (χ4n) is 2.81. The molecule has 0 unspecified atom stereocenters. The van der Waals surface area contributed by atoms with Crippen molar-refractivity contribution >= 4 is 0 Å². The van der Waals surface area contributed by atoms with Crippen LogP contribution < -0.4 is 5.32 Å². The Morgan fingerprint density at radius 2 is 1.59 bits per heavy atom. The van der Waals surface area contributed by atoms with Crippen LogP contribution in [0.3, 0.4) is 0 Å². The predicted molar refractivity (Wildman–Crippen MR) is 70.3 cm³/mol. The van der Waals surface area contributed by atoms with Gasteiger partial charge >= 0.3 is 0 Å². The van der Waals surface area contributed by atoms with E-state index < -0.39 is 0 Å². The van der Waals surface area contributed by atoms with Gasteiger partial charge in [0.2, 0.25) is 0 Å². The molecule has 4 heteroatoms. The van der Waals surface area contributed by atoms with Gasteiger partial charge in [-0.3, -0.25) is 4.90 Å². The first kappa shape index (κ1) is 13.3. The largest absolute Gasteiger partial charge is 0.379 e. The molecule has 0 radical (unpaired) electrons. The maximum atomic E-state index is 5.37. The molecule has 0 atom stereocenters. The van der Waals surface area contributed by atoms with E-state index in [9.17, 15) is 0 Å². The Labute approximate surface area is 105 Å². The Hall–Kier alpha value is -0.160. The minimum atomic E-state index is 0.902. The summed E-state index contributed by atoms with van der Waals surface area (Å²) in [6, 6.07) is 0. The van der Waals surface area contributed by atoms with Crippen LogP contribution in [-0.4, -0.2) is 75.9 Å². The molecule has 1 N–H and O–H groups in total. The molecule has 2 heterocycles. The molecule has 2 aliphatic heterocycles. The average Bonchev–Trinajstić information content (AvgIpc) is 2.40. The smallest absolute Gasteiger partial charge is 0.0594 e. The molecule has 4 nitrogen and oxygen atoms in total. The van der Waals surface area contributed by atoms with Gasteiger partial charge in [0.15, 0.2) is 0 Å². The van der Waals surface area contributed by atoms with E-state index >= 15 is 0 Å². The zero-order valence-electron chi connectivity index (χ0n) is 11.2. The van der Waals surface area contributed by atoms with E-state index in [1.807, 2.05) is 0 Å². The SMILES string of the molecule is CNCC1CCN(CCN2CCOCC2)CC1. The number of rotatable bonds is 5. The van der Waals surface area contributed by atoms with Gasteiger partial charge in [-0.2, -0.15) is 0 Å². The first-order valence-electron chi connectivity index (χ1n) is 7.05. The molecule has 17 heavy (non-hydrogen) atoms. The fourth-order valence-corrected chi connectivity index (χ4v) is 2.81. The van der Waals surface area contributed by atoms with Gasteiger partial charge < -0.3 is 15.0 Å². The van der Waals surface area contributed by atoms with E-state index in [1.54, 1.807) is 0 Å². The molecular weight excluding hydrogens is 214 g/mol. The van der Waals surface area contributed by atoms with Crippen molar-refractivity contribution in [3.05, 3.63) is 0 Å². The van der Waals surface area contributed by atoms with E-state index in [2.05, 4.69) is 22.2 Å². The Morgan fingerprint density at radius 1 is 1.00 bits per heavy atom. The van der Waals surface area contributed by atoms with Crippen LogP contribution in [0.15, 0.2) is 0 Å². The van der Waals surface area contributed by atoms with Crippen LogP contribution in [0.25, 0.3) is 0 Å². The maximum absolute atomic E-state index is 5.37. The van der Waals surface area contributed by atoms with Gasteiger partial charge in [-0.1, -0.05) is 0 Å². The predicted octanol–water partition coefficient (Wildman–Crippen LogP) is 0.250. The normalized spacial score (nSPS) is 25.2. The Balaban J connectivity index is 1.57. The number of ether oxygens (including phenoxy) is 1. The summed E-state index contributed by atoms with van der Waals surface area (Å²) in [5.41, 5.74) is 0. The molecule has 0 aromatic heterocycles. The van der Waals surface area contributed by atoms with Crippen molar-refractivity contribution in [3.8, 4) is 0 Å². The third-order valence-electron chi connectivity index (χ3n) is 4.04. The summed E-state index contributed by atoms with van der Waals surface area (Å²) in [6.07, 6.45) is 2.73. The molecule has 0 saturated carbocycles. The van der Waals surface area contributed by atoms with Crippen LogP contribution >= 0.6 is 0 Å². The zero-order valence-corrected chi connectivity index (χ0v) is 11.2. The van der Waals surface area contributed by atoms with E-state index in [4.69, 9.17) is 4.74 Å². The first-order chi connectivity index (χ1) is 8.38. The van der Waals surface area contributed by atoms with Gasteiger partial charge in [0.1, 0.15) is 0 Å². The highest BCUT2D eigenvalue weighted by Crippen LogP contribution is 2.15. The van der Waals surface area contributed by atoms with Crippen LogP contribution in [-0.2, 0) is 4.74 Å². The van der Waals surface area contributed by atoms with Crippen molar-refractivity contribution < 1.29 is 4.74 Å². The number of nitrogens with zero attached hydrogens (tertiary/aromatic N) is 2. The van der Waals surface area contributed by atoms with Gasteiger partial charge in [0.25, 0.3) is 0 Å². The Bertz CT molecular complexity index is 199. The van der Waals surface area contributed by atoms with Crippen LogP contribution in [0.2, 0.25) is 0 Å². The number of morpholine rings is 1. The van der Waals surface area contributed by atoms with E-state index in [0.717, 1.165) is 32.2 Å². The second kappa shape index (κ2) is 7.31. The maximum Gasteiger partial charge on any atom is 0.0594 e. The topological polar surface area (TPSA) is 27.7 Å². The summed E-state index contributed by atoms with van der Waals surface area (Å²) in [6.45, 7) is 10.3. The Morgan fingerprint density at radius 3 is 2.18 bits per heavy atom. The average molecular weight is 241 g/mol. The third-order valence-corrected chi connectivity index (χ3v) is 4.04. The minimum Gasteiger partial charge on any atom is -0.379 e. The molecule has 100 valence electrons. The highest BCUT2D eigenvalue weighted by molar-refractivity contribution is 4.74. The van der Waals surface area contributed by atoms with Gasteiger partial charge in [-0.15, -0.1) is 0 Å². The van der Waals surface area contributed by atoms with Gasteiger partial charge in [0, 0.05) is 26.2 Å². The Kier molecular flexibility index (Phi) is 5.71. The monoisotopic (exact) mass is 241 g/mol. The van der Waals surface area contributed by atoms with Crippen molar-refractivity contribution in [2.75, 3.05) is 66.1 Å². The third kappa shape index (κ3) is 4.54. The molecule has 2 fully saturated rings. The van der Waals surface area contributed by atoms with Crippen LogP contribution in [0.5, 0.6) is 0 Å². The first-order valence-corrected chi connectivity index (χ1v) is 7.05. The van der Waals surface area contributed by atoms with Gasteiger partial charge in [0.05, 0.1) is 13.2 Å². The van der Waals surface area contributed by atoms with Crippen molar-refractivity contribution in [2.45, 2.75) is 12.8 Å². The lowest BCUT2D eigenvalue weighted by atomic mass is 9.97. The number of piperidine rings is 1. The lowest BCUT2D eigenvalue weighted by Crippen LogP contribution is -2.44. The summed E-state index contributed by atoms with van der Waals surface area (Å²) >= 11 is 0. The molecular formula is C13H27N3O. The van der Waals surface area contributed by atoms with E-state index in [1.165, 1.54) is 45.6 Å². The molecule has 0 aromatic carbocycles. The summed E-state index contributed by atoms with van der Waals surface area (Å²) < 4.78 is 5.37. The fraction of sp³-hybridized carbons (Fsp3) is 1.00. The zero-order chi connectivity index (χ0) is 11.9. The minimum absolute atomic E-state index is 0.902. The quantitative estimate of drug-likeness (QED) is 0.747. The lowest BCUT2D eigenvalue weighted by molar-refractivity contribution is 0.0314. The molecule has 2 rings (SSSR count). The molecule has 0 spiro atoms. The number of hydrogen-bond acceptors (Lipinski definition) is 4. The van der Waals surface area contributed by atoms with Crippen molar-refractivity contribution in [3.63, 3.8) is 0 Å². The molecule has 0 bridgehead atoms. The molecule has 2 aliphatic rings. The second-order valence-electron chi connectivity index (χ2n) is 5.30. The van der Waals surface area contributed by atoms with Gasteiger partial charge in [-0.25, -0.2) is 0 Å². The number of hydrogen-bond donors (Lipinski definition) is 1. The molecule has 0 aromatic rings. The van der Waals surface area contributed by atoms with E-state index in [-0.39, 0.29) is 0 Å². The standard InChI is InChI=1S/C13H27N3O/c1-14-12-13-2-4-15(5-3-13)6-7-16-8-10-17-11-9-16/h13-14H,2-12H2,1H3. The van der Waals surface area contributed by atoms with E-state index in [0.29, 0.717) is 0 Å². The summed E-state index contributed by atoms with van der Waals surface area (Å²) in [7, 11) is 2.06. The van der Waals surface area contributed by atoms with Gasteiger partial charge in [-0.05, 0) is 45.4 Å². The summed E-state index contributed by atoms with van der Waals surface area (Å²) in [5, 5.41) is 3.30. The van der Waals surface area contributed by atoms with Crippen molar-refractivity contribution in [1.29, 1.82) is 0 Å². The highest BCUT2D eigenvalue weighted by atomic mass is 16.5. The van der Waals surface area contributed by atoms with Crippen LogP contribution in [0.4, 0.5) is 0 Å². The number of likely N-dealkylation sites (tertiary alicyclic amines) is 1. The van der Waals surface area contributed by atoms with Crippen LogP contribution in [0, 0.1) is 5.92 Å². The van der Waals surface area contributed by atoms with Crippen molar-refractivity contribution in [1.82, 2.24) is 15.1 Å². The second-order valence-corrected chi connectivity index (χ2v) is 5.30. The molecule has 0 amide bonds. The van der Waals surface area contributed by atoms with Crippen molar-refractivity contribution in [2.24, 2.45) is 5.92 Å². The molecule has 2 saturated heterocycles. The van der Waals surface area contributed by atoms with Crippen LogP contribution in [0.1, 0.15) is 12.8 Å². The highest BCUT2D eigenvalue weighted by Gasteiger charge is 2.19. The number of nitrogens with one attached hydrogen (secondary N) is 1.